The zero-order valence-corrected chi connectivity index (χ0v) is 19.8. The summed E-state index contributed by atoms with van der Waals surface area (Å²) in [7, 11) is 0. The van der Waals surface area contributed by atoms with Crippen LogP contribution in [0.25, 0.3) is 5.76 Å². The largest absolute Gasteiger partial charge is 0.507 e. The van der Waals surface area contributed by atoms with Gasteiger partial charge >= 0.3 is 5.97 Å². The van der Waals surface area contributed by atoms with Crippen molar-refractivity contribution in [3.05, 3.63) is 100 Å². The van der Waals surface area contributed by atoms with Crippen LogP contribution >= 0.6 is 0 Å². The van der Waals surface area contributed by atoms with Gasteiger partial charge in [-0.2, -0.15) is 0 Å². The normalized spacial score (nSPS) is 17.0. The highest BCUT2D eigenvalue weighted by Gasteiger charge is 2.47. The van der Waals surface area contributed by atoms with E-state index < -0.39 is 23.7 Å². The van der Waals surface area contributed by atoms with Crippen LogP contribution in [0.3, 0.4) is 0 Å². The molecule has 1 unspecified atom stereocenters. The quantitative estimate of drug-likeness (QED) is 0.238. The lowest BCUT2D eigenvalue weighted by molar-refractivity contribution is -0.132. The molecule has 1 N–H and O–H groups in total. The standard InChI is InChI=1S/C28H26N2O5/c1-4-13-35-28(34)19-7-5-9-21(15-19)30-24(20-8-6-12-29-16-20)23(26(32)27(30)33)25(31)22-14-17(2)10-11-18(22)3/h5-12,14-16,24,31H,4,13H2,1-3H3/b25-23+. The third-order valence-corrected chi connectivity index (χ3v) is 5.89. The zero-order chi connectivity index (χ0) is 25.1. The first kappa shape index (κ1) is 23.9. The second kappa shape index (κ2) is 9.93. The maximum absolute atomic E-state index is 13.3. The molecule has 0 bridgehead atoms. The Morgan fingerprint density at radius 3 is 2.60 bits per heavy atom. The molecule has 1 saturated heterocycles. The highest BCUT2D eigenvalue weighted by Crippen LogP contribution is 2.42. The lowest BCUT2D eigenvalue weighted by Gasteiger charge is -2.25. The first-order valence-electron chi connectivity index (χ1n) is 11.4. The molecule has 1 aliphatic rings. The van der Waals surface area contributed by atoms with Gasteiger partial charge in [-0.1, -0.05) is 36.8 Å². The van der Waals surface area contributed by atoms with E-state index in [9.17, 15) is 19.5 Å². The van der Waals surface area contributed by atoms with E-state index in [2.05, 4.69) is 4.98 Å². The van der Waals surface area contributed by atoms with Crippen LogP contribution in [0.1, 0.15) is 52.0 Å². The number of Topliss-reactive ketones (excluding diaryl/α,β-unsaturated/α-hetero) is 1. The molecule has 1 amide bonds. The number of rotatable bonds is 6. The Hall–Kier alpha value is -4.26. The maximum Gasteiger partial charge on any atom is 0.338 e. The van der Waals surface area contributed by atoms with Gasteiger partial charge in [0.05, 0.1) is 23.8 Å². The van der Waals surface area contributed by atoms with Crippen molar-refractivity contribution >= 4 is 29.1 Å². The number of aliphatic hydroxyl groups excluding tert-OH is 1. The van der Waals surface area contributed by atoms with Crippen molar-refractivity contribution in [2.24, 2.45) is 0 Å². The Kier molecular flexibility index (Phi) is 6.78. The molecule has 2 aromatic carbocycles. The van der Waals surface area contributed by atoms with Crippen LogP contribution in [-0.4, -0.2) is 34.4 Å². The van der Waals surface area contributed by atoms with Gasteiger partial charge in [0.25, 0.3) is 11.7 Å². The summed E-state index contributed by atoms with van der Waals surface area (Å²) in [4.78, 5) is 44.6. The van der Waals surface area contributed by atoms with Gasteiger partial charge in [-0.05, 0) is 61.7 Å². The molecule has 4 rings (SSSR count). The Morgan fingerprint density at radius 2 is 1.89 bits per heavy atom. The van der Waals surface area contributed by atoms with Crippen molar-refractivity contribution in [2.75, 3.05) is 11.5 Å². The van der Waals surface area contributed by atoms with Crippen LogP contribution in [-0.2, 0) is 14.3 Å². The van der Waals surface area contributed by atoms with Gasteiger partial charge in [0.1, 0.15) is 5.76 Å². The highest BCUT2D eigenvalue weighted by molar-refractivity contribution is 6.51. The van der Waals surface area contributed by atoms with Crippen molar-refractivity contribution in [2.45, 2.75) is 33.2 Å². The molecular weight excluding hydrogens is 444 g/mol. The second-order valence-corrected chi connectivity index (χ2v) is 8.46. The van der Waals surface area contributed by atoms with Gasteiger partial charge in [0.15, 0.2) is 0 Å². The fourth-order valence-electron chi connectivity index (χ4n) is 4.15. The van der Waals surface area contributed by atoms with Crippen LogP contribution < -0.4 is 4.90 Å². The van der Waals surface area contributed by atoms with E-state index in [0.29, 0.717) is 23.2 Å². The second-order valence-electron chi connectivity index (χ2n) is 8.46. The number of aryl methyl sites for hydroxylation is 2. The number of esters is 1. The molecule has 0 spiro atoms. The minimum atomic E-state index is -0.925. The van der Waals surface area contributed by atoms with Crippen LogP contribution in [0.15, 0.2) is 72.6 Å². The van der Waals surface area contributed by atoms with E-state index in [1.165, 1.54) is 11.0 Å². The van der Waals surface area contributed by atoms with Crippen molar-refractivity contribution < 1.29 is 24.2 Å². The van der Waals surface area contributed by atoms with Crippen molar-refractivity contribution in [3.8, 4) is 0 Å². The average molecular weight is 471 g/mol. The van der Waals surface area contributed by atoms with Crippen LogP contribution in [0.2, 0.25) is 0 Å². The fraction of sp³-hybridized carbons (Fsp3) is 0.214. The van der Waals surface area contributed by atoms with Crippen LogP contribution in [0.4, 0.5) is 5.69 Å². The van der Waals surface area contributed by atoms with Gasteiger partial charge in [-0.3, -0.25) is 19.5 Å². The summed E-state index contributed by atoms with van der Waals surface area (Å²) in [6, 6.07) is 14.4. The van der Waals surface area contributed by atoms with Gasteiger partial charge in [-0.15, -0.1) is 0 Å². The highest BCUT2D eigenvalue weighted by atomic mass is 16.5. The van der Waals surface area contributed by atoms with Crippen molar-refractivity contribution in [3.63, 3.8) is 0 Å². The molecule has 1 aliphatic heterocycles. The molecule has 178 valence electrons. The third-order valence-electron chi connectivity index (χ3n) is 5.89. The number of aromatic nitrogens is 1. The number of benzene rings is 2. The Morgan fingerprint density at radius 1 is 1.09 bits per heavy atom. The summed E-state index contributed by atoms with van der Waals surface area (Å²) in [5.74, 6) is -2.38. The summed E-state index contributed by atoms with van der Waals surface area (Å²) in [5.41, 5.74) is 3.28. The number of ketones is 1. The summed E-state index contributed by atoms with van der Waals surface area (Å²) in [5, 5.41) is 11.3. The smallest absolute Gasteiger partial charge is 0.338 e. The minimum Gasteiger partial charge on any atom is -0.507 e. The molecule has 0 saturated carbocycles. The van der Waals surface area contributed by atoms with E-state index in [0.717, 1.165) is 11.1 Å². The Bertz CT molecular complexity index is 1330. The topological polar surface area (TPSA) is 96.8 Å². The zero-order valence-electron chi connectivity index (χ0n) is 19.8. The number of hydrogen-bond donors (Lipinski definition) is 1. The molecule has 0 radical (unpaired) electrons. The Balaban J connectivity index is 1.89. The predicted octanol–water partition coefficient (Wildman–Crippen LogP) is 4.89. The lowest BCUT2D eigenvalue weighted by Crippen LogP contribution is -2.29. The van der Waals surface area contributed by atoms with Crippen LogP contribution in [0, 0.1) is 13.8 Å². The number of nitrogens with zero attached hydrogens (tertiary/aromatic N) is 2. The van der Waals surface area contributed by atoms with Crippen molar-refractivity contribution in [1.29, 1.82) is 0 Å². The molecule has 7 nitrogen and oxygen atoms in total. The average Bonchev–Trinajstić information content (AvgIpc) is 3.14. The van der Waals surface area contributed by atoms with E-state index in [1.807, 2.05) is 32.9 Å². The van der Waals surface area contributed by atoms with Gasteiger partial charge in [0.2, 0.25) is 0 Å². The van der Waals surface area contributed by atoms with Gasteiger partial charge < -0.3 is 9.84 Å². The van der Waals surface area contributed by atoms with E-state index in [4.69, 9.17) is 4.74 Å². The summed E-state index contributed by atoms with van der Waals surface area (Å²) >= 11 is 0. The van der Waals surface area contributed by atoms with Crippen molar-refractivity contribution in [1.82, 2.24) is 4.98 Å². The van der Waals surface area contributed by atoms with E-state index in [1.54, 1.807) is 48.8 Å². The predicted molar refractivity (Wildman–Crippen MR) is 132 cm³/mol. The summed E-state index contributed by atoms with van der Waals surface area (Å²) < 4.78 is 5.23. The molecule has 2 heterocycles. The summed E-state index contributed by atoms with van der Waals surface area (Å²) in [6.45, 7) is 5.89. The van der Waals surface area contributed by atoms with E-state index >= 15 is 0 Å². The number of ether oxygens (including phenoxy) is 1. The number of amides is 1. The van der Waals surface area contributed by atoms with Crippen LogP contribution in [0.5, 0.6) is 0 Å². The molecule has 7 heteroatoms. The third kappa shape index (κ3) is 4.57. The molecular formula is C28H26N2O5. The lowest BCUT2D eigenvalue weighted by atomic mass is 9.94. The molecule has 1 aromatic heterocycles. The minimum absolute atomic E-state index is 0.0318. The molecule has 3 aromatic rings. The molecule has 1 atom stereocenters. The first-order chi connectivity index (χ1) is 16.8. The number of anilines is 1. The van der Waals surface area contributed by atoms with Gasteiger partial charge in [0, 0.05) is 23.6 Å². The first-order valence-corrected chi connectivity index (χ1v) is 11.4. The monoisotopic (exact) mass is 470 g/mol. The summed E-state index contributed by atoms with van der Waals surface area (Å²) in [6.07, 6.45) is 3.82. The van der Waals surface area contributed by atoms with E-state index in [-0.39, 0.29) is 23.5 Å². The number of carbonyl (C=O) groups is 3. The van der Waals surface area contributed by atoms with Gasteiger partial charge in [-0.25, -0.2) is 4.79 Å². The number of pyridine rings is 1. The molecule has 1 fully saturated rings. The number of aliphatic hydroxyl groups is 1. The SMILES string of the molecule is CCCOC(=O)c1cccc(N2C(=O)C(=O)/C(=C(/O)c3cc(C)ccc3C)C2c2cccnc2)c1. The number of carbonyl (C=O) groups excluding carboxylic acids is 3. The molecule has 35 heavy (non-hydrogen) atoms. The fourth-order valence-corrected chi connectivity index (χ4v) is 4.15. The number of hydrogen-bond acceptors (Lipinski definition) is 6. The Labute approximate surface area is 203 Å². The maximum atomic E-state index is 13.3. The molecule has 0 aliphatic carbocycles.